The van der Waals surface area contributed by atoms with Crippen molar-refractivity contribution in [1.82, 2.24) is 0 Å². The minimum absolute atomic E-state index is 0.113. The fraction of sp³-hybridized carbons (Fsp3) is 0.0526. The van der Waals surface area contributed by atoms with E-state index in [1.165, 1.54) is 17.7 Å². The standard InChI is InChI=1S/C38H32N2O3S/c1-39(33-13-7-3-8-14-33)29-30-17-21-34(22-18-30)40(35-23-19-32(20-24-35)31-11-5-2-6-12-31)36-25-27-37(28-26-36)43-44(41,42)38-15-9-4-10-16-38/h2-28H,29H2,1H3. The fourth-order valence-electron chi connectivity index (χ4n) is 5.09. The molecule has 0 spiro atoms. The van der Waals surface area contributed by atoms with E-state index in [1.807, 2.05) is 48.5 Å². The summed E-state index contributed by atoms with van der Waals surface area (Å²) in [5.74, 6) is 0.247. The Hall–Kier alpha value is -5.33. The molecule has 6 heteroatoms. The summed E-state index contributed by atoms with van der Waals surface area (Å²) in [5.41, 5.74) is 7.46. The van der Waals surface area contributed by atoms with Crippen LogP contribution in [0.3, 0.4) is 0 Å². The van der Waals surface area contributed by atoms with E-state index in [4.69, 9.17) is 4.18 Å². The van der Waals surface area contributed by atoms with Crippen molar-refractivity contribution in [3.63, 3.8) is 0 Å². The molecule has 6 rings (SSSR count). The van der Waals surface area contributed by atoms with Gasteiger partial charge in [-0.25, -0.2) is 0 Å². The van der Waals surface area contributed by atoms with Crippen molar-refractivity contribution in [2.45, 2.75) is 11.4 Å². The van der Waals surface area contributed by atoms with Gasteiger partial charge in [0.25, 0.3) is 0 Å². The number of hydrogen-bond donors (Lipinski definition) is 0. The van der Waals surface area contributed by atoms with Crippen molar-refractivity contribution >= 4 is 32.9 Å². The van der Waals surface area contributed by atoms with Crippen LogP contribution in [0.4, 0.5) is 22.7 Å². The Kier molecular flexibility index (Phi) is 8.43. The van der Waals surface area contributed by atoms with Crippen molar-refractivity contribution in [3.05, 3.63) is 169 Å². The largest absolute Gasteiger partial charge is 0.379 e. The molecular formula is C38H32N2O3S. The number of para-hydroxylation sites is 1. The summed E-state index contributed by atoms with van der Waals surface area (Å²) in [7, 11) is -1.85. The second kappa shape index (κ2) is 12.9. The molecule has 0 fully saturated rings. The van der Waals surface area contributed by atoms with E-state index in [0.29, 0.717) is 0 Å². The number of rotatable bonds is 10. The lowest BCUT2D eigenvalue weighted by Gasteiger charge is -2.26. The first-order valence-corrected chi connectivity index (χ1v) is 15.8. The number of benzene rings is 6. The summed E-state index contributed by atoms with van der Waals surface area (Å²) in [5, 5.41) is 0. The molecule has 0 aromatic heterocycles. The Morgan fingerprint density at radius 2 is 0.955 bits per heavy atom. The van der Waals surface area contributed by atoms with Crippen LogP contribution in [-0.2, 0) is 16.7 Å². The zero-order valence-corrected chi connectivity index (χ0v) is 25.1. The monoisotopic (exact) mass is 596 g/mol. The third kappa shape index (κ3) is 6.66. The molecule has 44 heavy (non-hydrogen) atoms. The van der Waals surface area contributed by atoms with Gasteiger partial charge in [0, 0.05) is 36.3 Å². The Balaban J connectivity index is 1.29. The van der Waals surface area contributed by atoms with Gasteiger partial charge in [-0.3, -0.25) is 0 Å². The minimum atomic E-state index is -3.93. The molecule has 0 saturated heterocycles. The molecule has 6 aromatic rings. The highest BCUT2D eigenvalue weighted by Crippen LogP contribution is 2.37. The van der Waals surface area contributed by atoms with Crippen molar-refractivity contribution in [3.8, 4) is 16.9 Å². The van der Waals surface area contributed by atoms with Gasteiger partial charge in [0.05, 0.1) is 0 Å². The van der Waals surface area contributed by atoms with Gasteiger partial charge in [0.15, 0.2) is 0 Å². The maximum absolute atomic E-state index is 12.8. The predicted octanol–water partition coefficient (Wildman–Crippen LogP) is 9.23. The molecule has 0 amide bonds. The van der Waals surface area contributed by atoms with Crippen LogP contribution in [0.2, 0.25) is 0 Å². The molecule has 0 atom stereocenters. The van der Waals surface area contributed by atoms with Crippen LogP contribution in [0.25, 0.3) is 11.1 Å². The third-order valence-electron chi connectivity index (χ3n) is 7.38. The van der Waals surface area contributed by atoms with Gasteiger partial charge >= 0.3 is 10.1 Å². The SMILES string of the molecule is CN(Cc1ccc(N(c2ccc(OS(=O)(=O)c3ccccc3)cc2)c2ccc(-c3ccccc3)cc2)cc1)c1ccccc1. The van der Waals surface area contributed by atoms with E-state index in [9.17, 15) is 8.42 Å². The highest BCUT2D eigenvalue weighted by atomic mass is 32.2. The van der Waals surface area contributed by atoms with Crippen LogP contribution in [0.15, 0.2) is 169 Å². The van der Waals surface area contributed by atoms with Crippen LogP contribution in [0, 0.1) is 0 Å². The van der Waals surface area contributed by atoms with E-state index in [1.54, 1.807) is 30.3 Å². The first kappa shape index (κ1) is 28.8. The molecule has 0 saturated carbocycles. The van der Waals surface area contributed by atoms with Crippen LogP contribution < -0.4 is 14.0 Å². The molecule has 0 radical (unpaired) electrons. The van der Waals surface area contributed by atoms with E-state index < -0.39 is 10.1 Å². The molecule has 0 aliphatic carbocycles. The summed E-state index contributed by atoms with van der Waals surface area (Å²) in [6, 6.07) is 52.8. The quantitative estimate of drug-likeness (QED) is 0.148. The molecule has 6 aromatic carbocycles. The fourth-order valence-corrected chi connectivity index (χ4v) is 6.04. The zero-order valence-electron chi connectivity index (χ0n) is 24.3. The maximum atomic E-state index is 12.8. The molecule has 0 heterocycles. The van der Waals surface area contributed by atoms with Gasteiger partial charge in [-0.1, -0.05) is 91.0 Å². The normalized spacial score (nSPS) is 11.1. The average Bonchev–Trinajstić information content (AvgIpc) is 3.08. The average molecular weight is 597 g/mol. The first-order valence-electron chi connectivity index (χ1n) is 14.4. The smallest absolute Gasteiger partial charge is 0.339 e. The topological polar surface area (TPSA) is 49.9 Å². The van der Waals surface area contributed by atoms with Gasteiger partial charge in [0.2, 0.25) is 0 Å². The van der Waals surface area contributed by atoms with Crippen LogP contribution in [-0.4, -0.2) is 15.5 Å². The van der Waals surface area contributed by atoms with Crippen molar-refractivity contribution in [1.29, 1.82) is 0 Å². The van der Waals surface area contributed by atoms with Gasteiger partial charge in [0.1, 0.15) is 10.6 Å². The lowest BCUT2D eigenvalue weighted by Crippen LogP contribution is -2.16. The highest BCUT2D eigenvalue weighted by molar-refractivity contribution is 7.87. The maximum Gasteiger partial charge on any atom is 0.339 e. The van der Waals surface area contributed by atoms with Gasteiger partial charge in [-0.15, -0.1) is 0 Å². The predicted molar refractivity (Wildman–Crippen MR) is 179 cm³/mol. The van der Waals surface area contributed by atoms with Gasteiger partial charge < -0.3 is 14.0 Å². The van der Waals surface area contributed by atoms with Crippen LogP contribution in [0.5, 0.6) is 5.75 Å². The number of hydrogen-bond acceptors (Lipinski definition) is 5. The summed E-state index contributed by atoms with van der Waals surface area (Å²) in [6.45, 7) is 0.776. The zero-order chi connectivity index (χ0) is 30.4. The Bertz CT molecular complexity index is 1900. The lowest BCUT2D eigenvalue weighted by atomic mass is 10.0. The highest BCUT2D eigenvalue weighted by Gasteiger charge is 2.18. The second-order valence-electron chi connectivity index (χ2n) is 10.5. The van der Waals surface area contributed by atoms with Crippen LogP contribution in [0.1, 0.15) is 5.56 Å². The van der Waals surface area contributed by atoms with Crippen molar-refractivity contribution in [2.75, 3.05) is 16.8 Å². The van der Waals surface area contributed by atoms with E-state index in [-0.39, 0.29) is 10.6 Å². The molecule has 218 valence electrons. The van der Waals surface area contributed by atoms with Gasteiger partial charge in [-0.05, 0) is 89.5 Å². The summed E-state index contributed by atoms with van der Waals surface area (Å²) < 4.78 is 31.0. The minimum Gasteiger partial charge on any atom is -0.379 e. The second-order valence-corrected chi connectivity index (χ2v) is 12.0. The molecule has 0 aliphatic rings. The molecule has 5 nitrogen and oxygen atoms in total. The van der Waals surface area contributed by atoms with Gasteiger partial charge in [-0.2, -0.15) is 8.42 Å². The Morgan fingerprint density at radius 1 is 0.500 bits per heavy atom. The molecule has 0 aliphatic heterocycles. The summed E-state index contributed by atoms with van der Waals surface area (Å²) in [6.07, 6.45) is 0. The van der Waals surface area contributed by atoms with Crippen molar-refractivity contribution < 1.29 is 12.6 Å². The van der Waals surface area contributed by atoms with Crippen LogP contribution >= 0.6 is 0 Å². The molecular weight excluding hydrogens is 564 g/mol. The van der Waals surface area contributed by atoms with E-state index in [0.717, 1.165) is 40.4 Å². The van der Waals surface area contributed by atoms with Crippen molar-refractivity contribution in [2.24, 2.45) is 0 Å². The molecule has 0 N–H and O–H groups in total. The Labute approximate surface area is 259 Å². The third-order valence-corrected chi connectivity index (χ3v) is 8.64. The van der Waals surface area contributed by atoms with E-state index in [2.05, 4.69) is 89.6 Å². The molecule has 0 bridgehead atoms. The number of nitrogens with zero attached hydrogens (tertiary/aromatic N) is 2. The number of anilines is 4. The summed E-state index contributed by atoms with van der Waals surface area (Å²) >= 11 is 0. The lowest BCUT2D eigenvalue weighted by molar-refractivity contribution is 0.486. The summed E-state index contributed by atoms with van der Waals surface area (Å²) in [4.78, 5) is 4.48. The van der Waals surface area contributed by atoms with E-state index >= 15 is 0 Å². The Morgan fingerprint density at radius 3 is 1.52 bits per heavy atom. The molecule has 0 unspecified atom stereocenters. The first-order chi connectivity index (χ1) is 21.5.